The Kier molecular flexibility index (Phi) is 17.0. The van der Waals surface area contributed by atoms with E-state index in [0.29, 0.717) is 0 Å². The van der Waals surface area contributed by atoms with Crippen molar-refractivity contribution in [1.29, 1.82) is 0 Å². The Bertz CT molecular complexity index is 44.8. The molecule has 0 aromatic carbocycles. The van der Waals surface area contributed by atoms with Crippen molar-refractivity contribution in [2.75, 3.05) is 0 Å². The fourth-order valence-corrected chi connectivity index (χ4v) is 1.21. The number of hydrogen-bond donors (Lipinski definition) is 0. The summed E-state index contributed by atoms with van der Waals surface area (Å²) in [5, 5.41) is 0. The molecule has 1 heteroatoms. The topological polar surface area (TPSA) is 0 Å². The van der Waals surface area contributed by atoms with Crippen LogP contribution in [-0.4, -0.2) is 18.9 Å². The molecule has 0 nitrogen and oxygen atoms in total. The molecule has 0 atom stereocenters. The van der Waals surface area contributed by atoms with E-state index in [1.807, 2.05) is 0 Å². The summed E-state index contributed by atoms with van der Waals surface area (Å²) in [5.41, 5.74) is 0. The van der Waals surface area contributed by atoms with Crippen LogP contribution in [-0.2, 0) is 0 Å². The molecule has 0 aliphatic rings. The first-order valence-electron chi connectivity index (χ1n) is 4.91. The van der Waals surface area contributed by atoms with Crippen molar-refractivity contribution in [3.05, 3.63) is 0 Å². The second-order valence-corrected chi connectivity index (χ2v) is 3.12. The molecule has 0 spiro atoms. The average molecular weight is 150 g/mol. The van der Waals surface area contributed by atoms with E-state index in [2.05, 4.69) is 13.8 Å². The Morgan fingerprint density at radius 3 is 1.09 bits per heavy atom. The zero-order chi connectivity index (χ0) is 7.66. The fraction of sp³-hybridized carbons (Fsp3) is 1.00. The summed E-state index contributed by atoms with van der Waals surface area (Å²) in [6.07, 6.45) is 11.5. The maximum absolute atomic E-state index is 2.27. The van der Waals surface area contributed by atoms with Crippen LogP contribution in [0.5, 0.6) is 0 Å². The summed E-state index contributed by atoms with van der Waals surface area (Å²) in [7, 11) is 0. The van der Waals surface area contributed by atoms with Gasteiger partial charge in [-0.05, 0) is 0 Å². The van der Waals surface area contributed by atoms with Gasteiger partial charge < -0.3 is 0 Å². The fourth-order valence-electron chi connectivity index (χ4n) is 1.21. The zero-order valence-corrected chi connectivity index (χ0v) is 7.66. The Labute approximate surface area is 84.3 Å². The molecule has 64 valence electrons. The van der Waals surface area contributed by atoms with Crippen molar-refractivity contribution >= 4 is 18.9 Å². The summed E-state index contributed by atoms with van der Waals surface area (Å²) in [6, 6.07) is 0. The molecule has 0 heterocycles. The molecule has 0 aromatic heterocycles. The third-order valence-electron chi connectivity index (χ3n) is 1.96. The van der Waals surface area contributed by atoms with Gasteiger partial charge >= 0.3 is 18.9 Å². The summed E-state index contributed by atoms with van der Waals surface area (Å²) >= 11 is 0. The third-order valence-corrected chi connectivity index (χ3v) is 1.96. The van der Waals surface area contributed by atoms with Crippen LogP contribution >= 0.6 is 0 Å². The van der Waals surface area contributed by atoms with Gasteiger partial charge in [0.1, 0.15) is 0 Å². The number of hydrogen-bond acceptors (Lipinski definition) is 0. The van der Waals surface area contributed by atoms with Gasteiger partial charge in [0.15, 0.2) is 0 Å². The van der Waals surface area contributed by atoms with Gasteiger partial charge in [-0.3, -0.25) is 0 Å². The number of unbranched alkanes of at least 4 members (excludes halogenated alkanes) is 7. The molecule has 0 N–H and O–H groups in total. The molecule has 0 aliphatic carbocycles. The van der Waals surface area contributed by atoms with Gasteiger partial charge in [0, 0.05) is 0 Å². The van der Waals surface area contributed by atoms with Gasteiger partial charge in [-0.25, -0.2) is 0 Å². The molecule has 0 bridgehead atoms. The minimum absolute atomic E-state index is 0. The molecule has 0 saturated heterocycles. The molecule has 0 rings (SSSR count). The van der Waals surface area contributed by atoms with Crippen molar-refractivity contribution in [2.45, 2.75) is 65.2 Å². The molecule has 0 aliphatic heterocycles. The molecule has 0 radical (unpaired) electrons. The Hall–Kier alpha value is 0.597. The van der Waals surface area contributed by atoms with Crippen LogP contribution < -0.4 is 0 Å². The molecule has 11 heavy (non-hydrogen) atoms. The predicted octanol–water partition coefficient (Wildman–Crippen LogP) is 3.50. The molecule has 0 unspecified atom stereocenters. The summed E-state index contributed by atoms with van der Waals surface area (Å²) in [6.45, 7) is 4.54. The van der Waals surface area contributed by atoms with Crippen LogP contribution in [0.15, 0.2) is 0 Å². The van der Waals surface area contributed by atoms with Crippen LogP contribution in [0.1, 0.15) is 65.2 Å². The van der Waals surface area contributed by atoms with Gasteiger partial charge in [-0.1, -0.05) is 65.2 Å². The molecular weight excluding hydrogens is 127 g/mol. The van der Waals surface area contributed by atoms with Crippen molar-refractivity contribution in [3.63, 3.8) is 0 Å². The Morgan fingerprint density at radius 2 is 0.818 bits per heavy atom. The van der Waals surface area contributed by atoms with Crippen molar-refractivity contribution in [2.24, 2.45) is 0 Å². The summed E-state index contributed by atoms with van der Waals surface area (Å²) in [4.78, 5) is 0. The first-order valence-corrected chi connectivity index (χ1v) is 4.91. The Morgan fingerprint density at radius 1 is 0.545 bits per heavy atom. The third kappa shape index (κ3) is 13.6. The second kappa shape index (κ2) is 13.2. The second-order valence-electron chi connectivity index (χ2n) is 3.12. The summed E-state index contributed by atoms with van der Waals surface area (Å²) in [5.74, 6) is 0. The van der Waals surface area contributed by atoms with Crippen LogP contribution in [0.3, 0.4) is 0 Å². The normalized spacial score (nSPS) is 9.27. The first-order chi connectivity index (χ1) is 4.91. The van der Waals surface area contributed by atoms with E-state index in [9.17, 15) is 0 Å². The van der Waals surface area contributed by atoms with E-state index >= 15 is 0 Å². The van der Waals surface area contributed by atoms with E-state index < -0.39 is 0 Å². The van der Waals surface area contributed by atoms with E-state index in [0.717, 1.165) is 0 Å². The van der Waals surface area contributed by atoms with Gasteiger partial charge in [-0.15, -0.1) is 0 Å². The van der Waals surface area contributed by atoms with Crippen LogP contribution in [0, 0.1) is 0 Å². The molecule has 0 aromatic rings. The van der Waals surface area contributed by atoms with Crippen LogP contribution in [0.4, 0.5) is 0 Å². The van der Waals surface area contributed by atoms with E-state index in [1.54, 1.807) is 0 Å². The predicted molar refractivity (Wildman–Crippen MR) is 55.4 cm³/mol. The molecule has 0 amide bonds. The van der Waals surface area contributed by atoms with Gasteiger partial charge in [0.25, 0.3) is 0 Å². The minimum atomic E-state index is 0. The van der Waals surface area contributed by atoms with Crippen molar-refractivity contribution in [1.82, 2.24) is 0 Å². The SMILES string of the molecule is CCCCCCCCCC.[LiH]. The van der Waals surface area contributed by atoms with E-state index in [4.69, 9.17) is 0 Å². The van der Waals surface area contributed by atoms with E-state index in [-0.39, 0.29) is 18.9 Å². The molecule has 0 fully saturated rings. The molecular formula is C10H23Li. The van der Waals surface area contributed by atoms with Crippen LogP contribution in [0.2, 0.25) is 0 Å². The monoisotopic (exact) mass is 150 g/mol. The van der Waals surface area contributed by atoms with E-state index in [1.165, 1.54) is 51.4 Å². The van der Waals surface area contributed by atoms with Crippen molar-refractivity contribution in [3.8, 4) is 0 Å². The van der Waals surface area contributed by atoms with Gasteiger partial charge in [0.2, 0.25) is 0 Å². The average Bonchev–Trinajstić information content (AvgIpc) is 1.97. The quantitative estimate of drug-likeness (QED) is 0.385. The maximum atomic E-state index is 2.27. The zero-order valence-electron chi connectivity index (χ0n) is 7.66. The van der Waals surface area contributed by atoms with Crippen LogP contribution in [0.25, 0.3) is 0 Å². The van der Waals surface area contributed by atoms with Crippen molar-refractivity contribution < 1.29 is 0 Å². The Balaban J connectivity index is 0. The van der Waals surface area contributed by atoms with Gasteiger partial charge in [-0.2, -0.15) is 0 Å². The molecule has 0 saturated carbocycles. The standard InChI is InChI=1S/C10H22.Li.H/c1-3-5-7-9-10-8-6-4-2;;/h3-10H2,1-2H3;;. The van der Waals surface area contributed by atoms with Gasteiger partial charge in [0.05, 0.1) is 0 Å². The first kappa shape index (κ1) is 14.1. The number of rotatable bonds is 7. The summed E-state index contributed by atoms with van der Waals surface area (Å²) < 4.78 is 0.